The molecular weight excluding hydrogens is 397 g/mol. The molecule has 29 heavy (non-hydrogen) atoms. The average molecular weight is 422 g/mol. The Kier molecular flexibility index (Phi) is 8.42. The maximum absolute atomic E-state index is 12.9. The minimum Gasteiger partial charge on any atom is -0.484 e. The molecule has 0 aliphatic carbocycles. The zero-order chi connectivity index (χ0) is 19.9. The molecule has 0 radical (unpaired) electrons. The Hall–Kier alpha value is -2.64. The van der Waals surface area contributed by atoms with Gasteiger partial charge in [-0.1, -0.05) is 30.3 Å². The van der Waals surface area contributed by atoms with Gasteiger partial charge in [-0.2, -0.15) is 0 Å². The first kappa shape index (κ1) is 22.6. The molecule has 1 aliphatic rings. The first-order chi connectivity index (χ1) is 13.5. The van der Waals surface area contributed by atoms with Crippen LogP contribution >= 0.6 is 12.4 Å². The van der Waals surface area contributed by atoms with E-state index in [0.29, 0.717) is 38.3 Å². The smallest absolute Gasteiger partial charge is 0.260 e. The SMILES string of the molecule is Cl.N[C@@H](Cc1ccccc1)C(=O)N1CCN(C(=O)COc2ccc(F)cc2)CC1. The van der Waals surface area contributed by atoms with Crippen molar-refractivity contribution in [2.24, 2.45) is 5.73 Å². The number of piperazine rings is 1. The quantitative estimate of drug-likeness (QED) is 0.772. The van der Waals surface area contributed by atoms with Crippen LogP contribution in [0.15, 0.2) is 54.6 Å². The van der Waals surface area contributed by atoms with Crippen LogP contribution in [0.5, 0.6) is 5.75 Å². The Morgan fingerprint density at radius 1 is 0.966 bits per heavy atom. The second-order valence-corrected chi connectivity index (χ2v) is 6.74. The predicted octanol–water partition coefficient (Wildman–Crippen LogP) is 1.87. The molecule has 1 fully saturated rings. The number of nitrogens with zero attached hydrogens (tertiary/aromatic N) is 2. The molecule has 0 aromatic heterocycles. The summed E-state index contributed by atoms with van der Waals surface area (Å²) in [4.78, 5) is 28.2. The number of hydrogen-bond donors (Lipinski definition) is 1. The molecule has 3 rings (SSSR count). The number of nitrogens with two attached hydrogens (primary N) is 1. The van der Waals surface area contributed by atoms with Crippen LogP contribution in [0.25, 0.3) is 0 Å². The highest BCUT2D eigenvalue weighted by Gasteiger charge is 2.27. The maximum atomic E-state index is 12.9. The van der Waals surface area contributed by atoms with Crippen LogP contribution in [-0.2, 0) is 16.0 Å². The zero-order valence-corrected chi connectivity index (χ0v) is 16.8. The van der Waals surface area contributed by atoms with Gasteiger partial charge in [0.2, 0.25) is 5.91 Å². The first-order valence-electron chi connectivity index (χ1n) is 9.27. The van der Waals surface area contributed by atoms with Gasteiger partial charge in [0.15, 0.2) is 6.61 Å². The van der Waals surface area contributed by atoms with E-state index in [1.165, 1.54) is 24.3 Å². The van der Waals surface area contributed by atoms with Crippen molar-refractivity contribution in [1.82, 2.24) is 9.80 Å². The molecule has 0 unspecified atom stereocenters. The minimum absolute atomic E-state index is 0. The van der Waals surface area contributed by atoms with Crippen molar-refractivity contribution in [3.63, 3.8) is 0 Å². The van der Waals surface area contributed by atoms with E-state index in [1.807, 2.05) is 30.3 Å². The number of carbonyl (C=O) groups is 2. The van der Waals surface area contributed by atoms with Crippen molar-refractivity contribution in [3.05, 3.63) is 66.0 Å². The molecule has 156 valence electrons. The Labute approximate surface area is 175 Å². The van der Waals surface area contributed by atoms with Crippen LogP contribution < -0.4 is 10.5 Å². The van der Waals surface area contributed by atoms with E-state index in [2.05, 4.69) is 0 Å². The largest absolute Gasteiger partial charge is 0.484 e. The molecular formula is C21H25ClFN3O3. The van der Waals surface area contributed by atoms with Crippen LogP contribution in [-0.4, -0.2) is 60.4 Å². The summed E-state index contributed by atoms with van der Waals surface area (Å²) in [6.07, 6.45) is 0.490. The van der Waals surface area contributed by atoms with Gasteiger partial charge < -0.3 is 20.3 Å². The number of rotatable bonds is 6. The molecule has 1 atom stereocenters. The van der Waals surface area contributed by atoms with Crippen LogP contribution in [0, 0.1) is 5.82 Å². The van der Waals surface area contributed by atoms with Crippen molar-refractivity contribution in [2.45, 2.75) is 12.5 Å². The van der Waals surface area contributed by atoms with Gasteiger partial charge >= 0.3 is 0 Å². The topological polar surface area (TPSA) is 75.9 Å². The number of amides is 2. The molecule has 0 spiro atoms. The van der Waals surface area contributed by atoms with E-state index in [0.717, 1.165) is 5.56 Å². The Morgan fingerprint density at radius 3 is 2.17 bits per heavy atom. The van der Waals surface area contributed by atoms with Gasteiger partial charge in [0.05, 0.1) is 6.04 Å². The second kappa shape index (κ2) is 10.8. The summed E-state index contributed by atoms with van der Waals surface area (Å²) in [5.41, 5.74) is 7.10. The van der Waals surface area contributed by atoms with Crippen LogP contribution in [0.3, 0.4) is 0 Å². The lowest BCUT2D eigenvalue weighted by Gasteiger charge is -2.35. The van der Waals surface area contributed by atoms with Gasteiger partial charge in [-0.3, -0.25) is 9.59 Å². The third-order valence-electron chi connectivity index (χ3n) is 4.74. The zero-order valence-electron chi connectivity index (χ0n) is 16.0. The van der Waals surface area contributed by atoms with Gasteiger partial charge in [-0.05, 0) is 36.2 Å². The molecule has 2 amide bonds. The summed E-state index contributed by atoms with van der Waals surface area (Å²) in [6.45, 7) is 1.66. The molecule has 6 nitrogen and oxygen atoms in total. The molecule has 0 bridgehead atoms. The normalized spacial score (nSPS) is 14.7. The van der Waals surface area contributed by atoms with Crippen molar-refractivity contribution >= 4 is 24.2 Å². The molecule has 2 N–H and O–H groups in total. The van der Waals surface area contributed by atoms with Crippen LogP contribution in [0.2, 0.25) is 0 Å². The van der Waals surface area contributed by atoms with Crippen LogP contribution in [0.1, 0.15) is 5.56 Å². The van der Waals surface area contributed by atoms with Gasteiger partial charge in [-0.15, -0.1) is 12.4 Å². The summed E-state index contributed by atoms with van der Waals surface area (Å²) in [5, 5.41) is 0. The fourth-order valence-electron chi connectivity index (χ4n) is 3.13. The van der Waals surface area contributed by atoms with E-state index < -0.39 is 6.04 Å². The summed E-state index contributed by atoms with van der Waals surface area (Å²) in [7, 11) is 0. The van der Waals surface area contributed by atoms with E-state index in [-0.39, 0.29) is 36.6 Å². The third-order valence-corrected chi connectivity index (χ3v) is 4.74. The molecule has 2 aromatic carbocycles. The van der Waals surface area contributed by atoms with Crippen molar-refractivity contribution in [2.75, 3.05) is 32.8 Å². The van der Waals surface area contributed by atoms with Gasteiger partial charge in [0, 0.05) is 26.2 Å². The van der Waals surface area contributed by atoms with E-state index in [4.69, 9.17) is 10.5 Å². The summed E-state index contributed by atoms with van der Waals surface area (Å²) in [5.74, 6) is -0.177. The number of ether oxygens (including phenoxy) is 1. The third kappa shape index (κ3) is 6.44. The monoisotopic (exact) mass is 421 g/mol. The summed E-state index contributed by atoms with van der Waals surface area (Å²) in [6, 6.07) is 14.6. The van der Waals surface area contributed by atoms with Crippen molar-refractivity contribution < 1.29 is 18.7 Å². The van der Waals surface area contributed by atoms with Crippen molar-refractivity contribution in [3.8, 4) is 5.75 Å². The maximum Gasteiger partial charge on any atom is 0.260 e. The fraction of sp³-hybridized carbons (Fsp3) is 0.333. The molecule has 1 heterocycles. The Balaban J connectivity index is 0.00000300. The number of hydrogen-bond acceptors (Lipinski definition) is 4. The van der Waals surface area contributed by atoms with Gasteiger partial charge in [0.25, 0.3) is 5.91 Å². The number of carbonyl (C=O) groups excluding carboxylic acids is 2. The second-order valence-electron chi connectivity index (χ2n) is 6.74. The molecule has 0 saturated carbocycles. The van der Waals surface area contributed by atoms with E-state index >= 15 is 0 Å². The minimum atomic E-state index is -0.591. The lowest BCUT2D eigenvalue weighted by Crippen LogP contribution is -2.55. The lowest BCUT2D eigenvalue weighted by atomic mass is 10.1. The highest BCUT2D eigenvalue weighted by atomic mass is 35.5. The molecule has 2 aromatic rings. The van der Waals surface area contributed by atoms with Gasteiger partial charge in [-0.25, -0.2) is 4.39 Å². The number of halogens is 2. The Morgan fingerprint density at radius 2 is 1.55 bits per heavy atom. The number of benzene rings is 2. The predicted molar refractivity (Wildman–Crippen MR) is 110 cm³/mol. The lowest BCUT2D eigenvalue weighted by molar-refractivity contribution is -0.141. The first-order valence-corrected chi connectivity index (χ1v) is 9.27. The fourth-order valence-corrected chi connectivity index (χ4v) is 3.13. The Bertz CT molecular complexity index is 797. The summed E-state index contributed by atoms with van der Waals surface area (Å²) < 4.78 is 18.3. The molecule has 1 saturated heterocycles. The van der Waals surface area contributed by atoms with E-state index in [1.54, 1.807) is 9.80 Å². The van der Waals surface area contributed by atoms with E-state index in [9.17, 15) is 14.0 Å². The summed E-state index contributed by atoms with van der Waals surface area (Å²) >= 11 is 0. The molecule has 1 aliphatic heterocycles. The average Bonchev–Trinajstić information content (AvgIpc) is 2.73. The van der Waals surface area contributed by atoms with Crippen molar-refractivity contribution in [1.29, 1.82) is 0 Å². The molecule has 8 heteroatoms. The van der Waals surface area contributed by atoms with Gasteiger partial charge in [0.1, 0.15) is 11.6 Å². The van der Waals surface area contributed by atoms with Crippen LogP contribution in [0.4, 0.5) is 4.39 Å². The standard InChI is InChI=1S/C21H24FN3O3.ClH/c22-17-6-8-18(9-7-17)28-15-20(26)24-10-12-25(13-11-24)21(27)19(23)14-16-4-2-1-3-5-16;/h1-9,19H,10-15,23H2;1H/t19-;/m0./s1. The highest BCUT2D eigenvalue weighted by molar-refractivity contribution is 5.85. The highest BCUT2D eigenvalue weighted by Crippen LogP contribution is 2.12.